The SMILES string of the molecule is C=CCSCC(=O)N1CCCC1/C=C/c1ccccc1. The molecule has 0 saturated carbocycles. The largest absolute Gasteiger partial charge is 0.336 e. The molecule has 2 nitrogen and oxygen atoms in total. The van der Waals surface area contributed by atoms with Crippen molar-refractivity contribution in [2.45, 2.75) is 18.9 Å². The fourth-order valence-electron chi connectivity index (χ4n) is 2.40. The number of likely N-dealkylation sites (tertiary alicyclic amines) is 1. The van der Waals surface area contributed by atoms with Gasteiger partial charge in [-0.2, -0.15) is 0 Å². The Morgan fingerprint density at radius 3 is 2.95 bits per heavy atom. The lowest BCUT2D eigenvalue weighted by molar-refractivity contribution is -0.128. The number of hydrogen-bond acceptors (Lipinski definition) is 2. The lowest BCUT2D eigenvalue weighted by Crippen LogP contribution is -2.35. The highest BCUT2D eigenvalue weighted by Crippen LogP contribution is 2.20. The highest BCUT2D eigenvalue weighted by molar-refractivity contribution is 8.00. The standard InChI is InChI=1S/C17H21NOS/c1-2-13-20-14-17(19)18-12-6-9-16(18)11-10-15-7-4-3-5-8-15/h2-5,7-8,10-11,16H,1,6,9,12-14H2/b11-10+. The van der Waals surface area contributed by atoms with Crippen LogP contribution in [-0.2, 0) is 4.79 Å². The maximum Gasteiger partial charge on any atom is 0.233 e. The van der Waals surface area contributed by atoms with Crippen LogP contribution >= 0.6 is 11.8 Å². The van der Waals surface area contributed by atoms with E-state index in [1.807, 2.05) is 29.2 Å². The van der Waals surface area contributed by atoms with Gasteiger partial charge in [-0.1, -0.05) is 48.6 Å². The first-order valence-corrected chi connectivity index (χ1v) is 8.18. The van der Waals surface area contributed by atoms with Crippen LogP contribution in [0.2, 0.25) is 0 Å². The third-order valence-electron chi connectivity index (χ3n) is 3.39. The Kier molecular flexibility index (Phi) is 5.93. The molecule has 1 aromatic carbocycles. The summed E-state index contributed by atoms with van der Waals surface area (Å²) in [6.45, 7) is 4.56. The first-order valence-electron chi connectivity index (χ1n) is 7.02. The Balaban J connectivity index is 1.92. The summed E-state index contributed by atoms with van der Waals surface area (Å²) in [5, 5.41) is 0. The summed E-state index contributed by atoms with van der Waals surface area (Å²) in [5.74, 6) is 1.64. The van der Waals surface area contributed by atoms with Gasteiger partial charge in [0.15, 0.2) is 0 Å². The van der Waals surface area contributed by atoms with E-state index in [-0.39, 0.29) is 11.9 Å². The summed E-state index contributed by atoms with van der Waals surface area (Å²) in [5.41, 5.74) is 1.19. The number of carbonyl (C=O) groups excluding carboxylic acids is 1. The number of rotatable bonds is 6. The molecular formula is C17H21NOS. The van der Waals surface area contributed by atoms with Crippen LogP contribution in [-0.4, -0.2) is 34.9 Å². The molecule has 1 fully saturated rings. The lowest BCUT2D eigenvalue weighted by Gasteiger charge is -2.22. The minimum absolute atomic E-state index is 0.247. The number of benzene rings is 1. The molecule has 1 heterocycles. The van der Waals surface area contributed by atoms with Gasteiger partial charge in [-0.15, -0.1) is 18.3 Å². The van der Waals surface area contributed by atoms with Gasteiger partial charge in [0.05, 0.1) is 11.8 Å². The van der Waals surface area contributed by atoms with Crippen molar-refractivity contribution in [3.05, 3.63) is 54.6 Å². The second-order valence-electron chi connectivity index (χ2n) is 4.87. The van der Waals surface area contributed by atoms with Gasteiger partial charge in [0.1, 0.15) is 0 Å². The second kappa shape index (κ2) is 7.95. The number of amides is 1. The average molecular weight is 287 g/mol. The molecule has 1 aromatic rings. The van der Waals surface area contributed by atoms with Gasteiger partial charge in [0.2, 0.25) is 5.91 Å². The van der Waals surface area contributed by atoms with Crippen LogP contribution in [0, 0.1) is 0 Å². The van der Waals surface area contributed by atoms with E-state index in [9.17, 15) is 4.79 Å². The fraction of sp³-hybridized carbons (Fsp3) is 0.353. The molecule has 1 saturated heterocycles. The predicted octanol–water partition coefficient (Wildman–Crippen LogP) is 3.61. The van der Waals surface area contributed by atoms with Gasteiger partial charge in [-0.05, 0) is 18.4 Å². The summed E-state index contributed by atoms with van der Waals surface area (Å²) in [6.07, 6.45) is 8.29. The highest BCUT2D eigenvalue weighted by Gasteiger charge is 2.26. The molecule has 1 unspecified atom stereocenters. The third kappa shape index (κ3) is 4.27. The van der Waals surface area contributed by atoms with Crippen LogP contribution in [0.15, 0.2) is 49.1 Å². The molecular weight excluding hydrogens is 266 g/mol. The molecule has 0 spiro atoms. The van der Waals surface area contributed by atoms with Crippen molar-refractivity contribution in [1.82, 2.24) is 4.90 Å². The summed E-state index contributed by atoms with van der Waals surface area (Å²) in [7, 11) is 0. The number of hydrogen-bond donors (Lipinski definition) is 0. The zero-order valence-corrected chi connectivity index (χ0v) is 12.5. The Hall–Kier alpha value is -1.48. The minimum atomic E-state index is 0.247. The molecule has 1 amide bonds. The number of nitrogens with zero attached hydrogens (tertiary/aromatic N) is 1. The van der Waals surface area contributed by atoms with Crippen molar-refractivity contribution < 1.29 is 4.79 Å². The quantitative estimate of drug-likeness (QED) is 0.588. The average Bonchev–Trinajstić information content (AvgIpc) is 2.95. The van der Waals surface area contributed by atoms with Gasteiger partial charge >= 0.3 is 0 Å². The van der Waals surface area contributed by atoms with Gasteiger partial charge < -0.3 is 4.90 Å². The molecule has 0 aliphatic carbocycles. The van der Waals surface area contributed by atoms with Crippen molar-refractivity contribution in [1.29, 1.82) is 0 Å². The minimum Gasteiger partial charge on any atom is -0.336 e. The second-order valence-corrected chi connectivity index (χ2v) is 5.90. The Labute approximate surface area is 125 Å². The van der Waals surface area contributed by atoms with Crippen LogP contribution < -0.4 is 0 Å². The van der Waals surface area contributed by atoms with Crippen LogP contribution in [0.25, 0.3) is 6.08 Å². The van der Waals surface area contributed by atoms with Crippen LogP contribution in [0.1, 0.15) is 18.4 Å². The van der Waals surface area contributed by atoms with E-state index < -0.39 is 0 Å². The van der Waals surface area contributed by atoms with E-state index in [0.717, 1.165) is 25.1 Å². The number of thioether (sulfide) groups is 1. The third-order valence-corrected chi connectivity index (χ3v) is 4.31. The van der Waals surface area contributed by atoms with Crippen LogP contribution in [0.3, 0.4) is 0 Å². The molecule has 1 aliphatic heterocycles. The van der Waals surface area contributed by atoms with E-state index in [1.54, 1.807) is 11.8 Å². The summed E-state index contributed by atoms with van der Waals surface area (Å²) >= 11 is 1.63. The maximum absolute atomic E-state index is 12.2. The van der Waals surface area contributed by atoms with Crippen molar-refractivity contribution in [2.75, 3.05) is 18.1 Å². The first kappa shape index (κ1) is 14.9. The van der Waals surface area contributed by atoms with Gasteiger partial charge in [-0.3, -0.25) is 4.79 Å². The fourth-order valence-corrected chi connectivity index (χ4v) is 3.03. The monoisotopic (exact) mass is 287 g/mol. The van der Waals surface area contributed by atoms with E-state index in [4.69, 9.17) is 0 Å². The Morgan fingerprint density at radius 2 is 2.20 bits per heavy atom. The van der Waals surface area contributed by atoms with Crippen LogP contribution in [0.5, 0.6) is 0 Å². The smallest absolute Gasteiger partial charge is 0.233 e. The van der Waals surface area contributed by atoms with E-state index in [1.165, 1.54) is 5.56 Å². The molecule has 20 heavy (non-hydrogen) atoms. The zero-order valence-electron chi connectivity index (χ0n) is 11.7. The molecule has 1 atom stereocenters. The Bertz CT molecular complexity index is 469. The van der Waals surface area contributed by atoms with Crippen molar-refractivity contribution in [3.63, 3.8) is 0 Å². The van der Waals surface area contributed by atoms with Crippen molar-refractivity contribution in [3.8, 4) is 0 Å². The zero-order chi connectivity index (χ0) is 14.2. The summed E-state index contributed by atoms with van der Waals surface area (Å²) in [4.78, 5) is 14.2. The summed E-state index contributed by atoms with van der Waals surface area (Å²) < 4.78 is 0. The van der Waals surface area contributed by atoms with E-state index in [0.29, 0.717) is 5.75 Å². The first-order chi connectivity index (χ1) is 9.81. The van der Waals surface area contributed by atoms with E-state index in [2.05, 4.69) is 30.9 Å². The van der Waals surface area contributed by atoms with Gasteiger partial charge in [0, 0.05) is 12.3 Å². The maximum atomic E-state index is 12.2. The molecule has 3 heteroatoms. The topological polar surface area (TPSA) is 20.3 Å². The predicted molar refractivity (Wildman–Crippen MR) is 87.7 cm³/mol. The van der Waals surface area contributed by atoms with Crippen molar-refractivity contribution in [2.24, 2.45) is 0 Å². The summed E-state index contributed by atoms with van der Waals surface area (Å²) in [6, 6.07) is 10.5. The lowest BCUT2D eigenvalue weighted by atomic mass is 10.1. The molecule has 2 rings (SSSR count). The van der Waals surface area contributed by atoms with Crippen LogP contribution in [0.4, 0.5) is 0 Å². The molecule has 1 aliphatic rings. The van der Waals surface area contributed by atoms with Gasteiger partial charge in [0.25, 0.3) is 0 Å². The van der Waals surface area contributed by atoms with Gasteiger partial charge in [-0.25, -0.2) is 0 Å². The normalized spacial score (nSPS) is 18.6. The molecule has 106 valence electrons. The number of carbonyl (C=O) groups is 1. The van der Waals surface area contributed by atoms with E-state index >= 15 is 0 Å². The molecule has 0 aromatic heterocycles. The Morgan fingerprint density at radius 1 is 1.40 bits per heavy atom. The molecule has 0 bridgehead atoms. The highest BCUT2D eigenvalue weighted by atomic mass is 32.2. The molecule has 0 radical (unpaired) electrons. The van der Waals surface area contributed by atoms with Crippen molar-refractivity contribution >= 4 is 23.7 Å². The molecule has 0 N–H and O–H groups in total.